The molecule has 6 nitrogen and oxygen atoms in total. The fraction of sp³-hybridized carbons (Fsp3) is 0.250. The Morgan fingerprint density at radius 3 is 2.42 bits per heavy atom. The second-order valence-electron chi connectivity index (χ2n) is 5.76. The van der Waals surface area contributed by atoms with Gasteiger partial charge in [0.15, 0.2) is 0 Å². The third-order valence-electron chi connectivity index (χ3n) is 3.48. The summed E-state index contributed by atoms with van der Waals surface area (Å²) in [5.74, 6) is -0.0131. The summed E-state index contributed by atoms with van der Waals surface area (Å²) in [6.45, 7) is 4.50. The van der Waals surface area contributed by atoms with Gasteiger partial charge in [-0.3, -0.25) is 9.59 Å². The zero-order chi connectivity index (χ0) is 18.8. The van der Waals surface area contributed by atoms with Crippen LogP contribution < -0.4 is 15.5 Å². The first-order valence-corrected chi connectivity index (χ1v) is 8.48. The first-order chi connectivity index (χ1) is 12.6. The fourth-order valence-electron chi connectivity index (χ4n) is 2.06. The van der Waals surface area contributed by atoms with E-state index < -0.39 is 5.91 Å². The van der Waals surface area contributed by atoms with Gasteiger partial charge in [-0.2, -0.15) is 5.10 Å². The summed E-state index contributed by atoms with van der Waals surface area (Å²) in [5.41, 5.74) is 4.88. The van der Waals surface area contributed by atoms with Crippen molar-refractivity contribution in [3.63, 3.8) is 0 Å². The highest BCUT2D eigenvalue weighted by molar-refractivity contribution is 5.96. The van der Waals surface area contributed by atoms with E-state index in [0.29, 0.717) is 17.9 Å². The van der Waals surface area contributed by atoms with E-state index in [4.69, 9.17) is 4.74 Å². The molecule has 2 aromatic rings. The molecule has 136 valence electrons. The molecule has 2 rings (SSSR count). The van der Waals surface area contributed by atoms with Gasteiger partial charge in [-0.25, -0.2) is 5.43 Å². The first-order valence-electron chi connectivity index (χ1n) is 8.48. The molecule has 2 aromatic carbocycles. The smallest absolute Gasteiger partial charge is 0.259 e. The monoisotopic (exact) mass is 353 g/mol. The SMILES string of the molecule is CCCOc1ccc(C(=O)NCC(=O)N/N=C/c2ccc(C)cc2)cc1. The Labute approximate surface area is 153 Å². The lowest BCUT2D eigenvalue weighted by Gasteiger charge is -2.07. The van der Waals surface area contributed by atoms with Gasteiger partial charge in [-0.05, 0) is 43.2 Å². The predicted molar refractivity (Wildman–Crippen MR) is 101 cm³/mol. The Balaban J connectivity index is 1.75. The third kappa shape index (κ3) is 6.39. The summed E-state index contributed by atoms with van der Waals surface area (Å²) in [4.78, 5) is 23.8. The predicted octanol–water partition coefficient (Wildman–Crippen LogP) is 2.66. The summed E-state index contributed by atoms with van der Waals surface area (Å²) in [6, 6.07) is 14.5. The molecule has 6 heteroatoms. The van der Waals surface area contributed by atoms with Crippen LogP contribution in [0.4, 0.5) is 0 Å². The Morgan fingerprint density at radius 1 is 1.08 bits per heavy atom. The van der Waals surface area contributed by atoms with Crippen LogP contribution in [0, 0.1) is 6.92 Å². The fourth-order valence-corrected chi connectivity index (χ4v) is 2.06. The van der Waals surface area contributed by atoms with E-state index in [-0.39, 0.29) is 12.5 Å². The van der Waals surface area contributed by atoms with Crippen LogP contribution in [-0.4, -0.2) is 31.2 Å². The Hall–Kier alpha value is -3.15. The average Bonchev–Trinajstić information content (AvgIpc) is 2.66. The van der Waals surface area contributed by atoms with Crippen LogP contribution >= 0.6 is 0 Å². The van der Waals surface area contributed by atoms with Crippen LogP contribution in [0.3, 0.4) is 0 Å². The molecular weight excluding hydrogens is 330 g/mol. The minimum Gasteiger partial charge on any atom is -0.494 e. The molecule has 2 amide bonds. The van der Waals surface area contributed by atoms with Crippen molar-refractivity contribution in [1.29, 1.82) is 0 Å². The number of ether oxygens (including phenoxy) is 1. The molecule has 0 unspecified atom stereocenters. The van der Waals surface area contributed by atoms with E-state index in [2.05, 4.69) is 15.8 Å². The van der Waals surface area contributed by atoms with Gasteiger partial charge in [0.2, 0.25) is 0 Å². The second kappa shape index (κ2) is 9.98. The average molecular weight is 353 g/mol. The molecule has 0 bridgehead atoms. The zero-order valence-electron chi connectivity index (χ0n) is 15.0. The number of carbonyl (C=O) groups excluding carboxylic acids is 2. The number of amides is 2. The molecule has 0 aliphatic carbocycles. The maximum atomic E-state index is 12.0. The molecule has 0 aliphatic heterocycles. The van der Waals surface area contributed by atoms with Gasteiger partial charge in [0.05, 0.1) is 19.4 Å². The molecule has 2 N–H and O–H groups in total. The molecule has 26 heavy (non-hydrogen) atoms. The molecule has 0 saturated carbocycles. The minimum atomic E-state index is -0.399. The number of nitrogens with zero attached hydrogens (tertiary/aromatic N) is 1. The topological polar surface area (TPSA) is 79.8 Å². The number of hydrogen-bond acceptors (Lipinski definition) is 4. The van der Waals surface area contributed by atoms with Gasteiger partial charge < -0.3 is 10.1 Å². The zero-order valence-corrected chi connectivity index (χ0v) is 15.0. The van der Waals surface area contributed by atoms with Crippen LogP contribution in [0.15, 0.2) is 53.6 Å². The lowest BCUT2D eigenvalue weighted by Crippen LogP contribution is -2.34. The molecule has 0 atom stereocenters. The van der Waals surface area contributed by atoms with E-state index in [1.807, 2.05) is 38.1 Å². The van der Waals surface area contributed by atoms with Crippen molar-refractivity contribution in [3.05, 3.63) is 65.2 Å². The number of benzene rings is 2. The first kappa shape index (κ1) is 19.2. The highest BCUT2D eigenvalue weighted by atomic mass is 16.5. The summed E-state index contributed by atoms with van der Waals surface area (Å²) in [7, 11) is 0. The quantitative estimate of drug-likeness (QED) is 0.566. The van der Waals surface area contributed by atoms with Gasteiger partial charge >= 0.3 is 0 Å². The molecule has 0 radical (unpaired) electrons. The maximum absolute atomic E-state index is 12.0. The molecule has 0 fully saturated rings. The number of nitrogens with one attached hydrogen (secondary N) is 2. The molecule has 0 aromatic heterocycles. The summed E-state index contributed by atoms with van der Waals surface area (Å²) in [5, 5.41) is 6.42. The molecule has 0 heterocycles. The van der Waals surface area contributed by atoms with E-state index in [0.717, 1.165) is 17.5 Å². The molecule has 0 aliphatic rings. The molecule has 0 saturated heterocycles. The maximum Gasteiger partial charge on any atom is 0.259 e. The Kier molecular flexibility index (Phi) is 7.36. The van der Waals surface area contributed by atoms with Crippen molar-refractivity contribution in [2.75, 3.05) is 13.2 Å². The van der Waals surface area contributed by atoms with Gasteiger partial charge in [-0.1, -0.05) is 36.8 Å². The number of hydrazone groups is 1. The summed E-state index contributed by atoms with van der Waals surface area (Å²) in [6.07, 6.45) is 2.47. The number of carbonyl (C=O) groups is 2. The molecule has 0 spiro atoms. The van der Waals surface area contributed by atoms with Crippen LogP contribution in [0.25, 0.3) is 0 Å². The highest BCUT2D eigenvalue weighted by Crippen LogP contribution is 2.12. The van der Waals surface area contributed by atoms with Gasteiger partial charge in [0.25, 0.3) is 11.8 Å². The van der Waals surface area contributed by atoms with E-state index >= 15 is 0 Å². The van der Waals surface area contributed by atoms with Crippen molar-refractivity contribution in [2.24, 2.45) is 5.10 Å². The summed E-state index contributed by atoms with van der Waals surface area (Å²) < 4.78 is 5.46. The van der Waals surface area contributed by atoms with Crippen LogP contribution in [-0.2, 0) is 4.79 Å². The summed E-state index contributed by atoms with van der Waals surface area (Å²) >= 11 is 0. The number of hydrogen-bond donors (Lipinski definition) is 2. The standard InChI is InChI=1S/C20H23N3O3/c1-3-12-26-18-10-8-17(9-11-18)20(25)21-14-19(24)23-22-13-16-6-4-15(2)5-7-16/h4-11,13H,3,12,14H2,1-2H3,(H,21,25)(H,23,24)/b22-13+. The highest BCUT2D eigenvalue weighted by Gasteiger charge is 2.07. The van der Waals surface area contributed by atoms with E-state index in [1.165, 1.54) is 0 Å². The van der Waals surface area contributed by atoms with E-state index in [1.54, 1.807) is 30.5 Å². The van der Waals surface area contributed by atoms with Gasteiger partial charge in [-0.15, -0.1) is 0 Å². The lowest BCUT2D eigenvalue weighted by atomic mass is 10.2. The van der Waals surface area contributed by atoms with E-state index in [9.17, 15) is 9.59 Å². The van der Waals surface area contributed by atoms with Crippen molar-refractivity contribution in [1.82, 2.24) is 10.7 Å². The lowest BCUT2D eigenvalue weighted by molar-refractivity contribution is -0.120. The van der Waals surface area contributed by atoms with Crippen LogP contribution in [0.1, 0.15) is 34.8 Å². The van der Waals surface area contributed by atoms with Gasteiger partial charge in [0.1, 0.15) is 5.75 Å². The minimum absolute atomic E-state index is 0.155. The van der Waals surface area contributed by atoms with Gasteiger partial charge in [0, 0.05) is 5.56 Å². The third-order valence-corrected chi connectivity index (χ3v) is 3.48. The van der Waals surface area contributed by atoms with Crippen LogP contribution in [0.5, 0.6) is 5.75 Å². The number of rotatable bonds is 8. The largest absolute Gasteiger partial charge is 0.494 e. The van der Waals surface area contributed by atoms with Crippen molar-refractivity contribution in [2.45, 2.75) is 20.3 Å². The molecular formula is C20H23N3O3. The number of aryl methyl sites for hydroxylation is 1. The van der Waals surface area contributed by atoms with Crippen molar-refractivity contribution in [3.8, 4) is 5.75 Å². The van der Waals surface area contributed by atoms with Crippen molar-refractivity contribution < 1.29 is 14.3 Å². The van der Waals surface area contributed by atoms with Crippen LogP contribution in [0.2, 0.25) is 0 Å². The Morgan fingerprint density at radius 2 is 1.77 bits per heavy atom. The Bertz CT molecular complexity index is 753. The second-order valence-corrected chi connectivity index (χ2v) is 5.76. The van der Waals surface area contributed by atoms with Crippen molar-refractivity contribution >= 4 is 18.0 Å². The normalized spacial score (nSPS) is 10.5.